The van der Waals surface area contributed by atoms with E-state index in [2.05, 4.69) is 0 Å². The summed E-state index contributed by atoms with van der Waals surface area (Å²) in [6, 6.07) is 3.21. The van der Waals surface area contributed by atoms with Gasteiger partial charge < -0.3 is 19.3 Å². The maximum atomic E-state index is 11.9. The Bertz CT molecular complexity index is 558. The van der Waals surface area contributed by atoms with Gasteiger partial charge in [0.2, 0.25) is 0 Å². The predicted molar refractivity (Wildman–Crippen MR) is 95.3 cm³/mol. The van der Waals surface area contributed by atoms with Crippen LogP contribution in [-0.2, 0) is 14.3 Å². The Hall–Kier alpha value is -1.63. The van der Waals surface area contributed by atoms with E-state index in [1.807, 2.05) is 30.9 Å². The zero-order chi connectivity index (χ0) is 18.4. The molecule has 0 spiro atoms. The fraction of sp³-hybridized carbons (Fsp3) is 0.632. The Kier molecular flexibility index (Phi) is 7.23. The number of piperidine rings is 1. The molecule has 1 atom stereocenters. The third-order valence-corrected chi connectivity index (χ3v) is 4.72. The van der Waals surface area contributed by atoms with Crippen LogP contribution in [0.15, 0.2) is 12.1 Å². The Balaban J connectivity index is 2.09. The number of carbonyl (C=O) groups is 1. The van der Waals surface area contributed by atoms with Gasteiger partial charge in [-0.15, -0.1) is 0 Å². The van der Waals surface area contributed by atoms with Crippen molar-refractivity contribution < 1.29 is 24.1 Å². The minimum atomic E-state index is -0.817. The number of aliphatic carboxylic acids is 1. The smallest absolute Gasteiger partial charge is 0.325 e. The van der Waals surface area contributed by atoms with Gasteiger partial charge in [0.1, 0.15) is 11.8 Å². The lowest BCUT2D eigenvalue weighted by Gasteiger charge is -2.36. The van der Waals surface area contributed by atoms with Crippen LogP contribution in [0.1, 0.15) is 35.6 Å². The number of benzene rings is 1. The van der Waals surface area contributed by atoms with Gasteiger partial charge in [-0.05, 0) is 43.4 Å². The summed E-state index contributed by atoms with van der Waals surface area (Å²) in [5, 5.41) is 9.81. The normalized spacial score (nSPS) is 17.4. The molecule has 0 amide bonds. The summed E-state index contributed by atoms with van der Waals surface area (Å²) in [6.07, 6.45) is 1.85. The molecule has 0 aliphatic carbocycles. The molecule has 6 heteroatoms. The predicted octanol–water partition coefficient (Wildman–Crippen LogP) is 2.57. The lowest BCUT2D eigenvalue weighted by molar-refractivity contribution is -0.145. The molecule has 0 bridgehead atoms. The van der Waals surface area contributed by atoms with Crippen LogP contribution in [0.25, 0.3) is 0 Å². The Morgan fingerprint density at radius 1 is 1.20 bits per heavy atom. The summed E-state index contributed by atoms with van der Waals surface area (Å²) < 4.78 is 16.2. The molecule has 0 unspecified atom stereocenters. The first-order valence-corrected chi connectivity index (χ1v) is 8.70. The van der Waals surface area contributed by atoms with E-state index in [-0.39, 0.29) is 6.10 Å². The number of carboxylic acids is 1. The minimum absolute atomic E-state index is 0.181. The molecule has 1 N–H and O–H groups in total. The van der Waals surface area contributed by atoms with Gasteiger partial charge in [-0.3, -0.25) is 9.69 Å². The molecule has 25 heavy (non-hydrogen) atoms. The van der Waals surface area contributed by atoms with Crippen molar-refractivity contribution in [3.63, 3.8) is 0 Å². The van der Waals surface area contributed by atoms with E-state index < -0.39 is 12.0 Å². The molecular formula is C19H29NO5. The number of hydrogen-bond acceptors (Lipinski definition) is 5. The molecule has 1 saturated heterocycles. The van der Waals surface area contributed by atoms with Gasteiger partial charge in [0, 0.05) is 20.2 Å². The van der Waals surface area contributed by atoms with Crippen molar-refractivity contribution >= 4 is 5.97 Å². The van der Waals surface area contributed by atoms with Gasteiger partial charge >= 0.3 is 5.97 Å². The third kappa shape index (κ3) is 4.93. The number of rotatable bonds is 8. The Morgan fingerprint density at radius 3 is 2.28 bits per heavy atom. The summed E-state index contributed by atoms with van der Waals surface area (Å²) in [4.78, 5) is 14.0. The van der Waals surface area contributed by atoms with Crippen molar-refractivity contribution in [2.24, 2.45) is 0 Å². The molecular weight excluding hydrogens is 322 g/mol. The summed E-state index contributed by atoms with van der Waals surface area (Å²) in [5.74, 6) is 0.000795. The number of likely N-dealkylation sites (tertiary alicyclic amines) is 1. The number of hydrogen-bond donors (Lipinski definition) is 1. The zero-order valence-electron chi connectivity index (χ0n) is 15.6. The second-order valence-electron chi connectivity index (χ2n) is 6.53. The van der Waals surface area contributed by atoms with E-state index in [9.17, 15) is 9.90 Å². The van der Waals surface area contributed by atoms with Gasteiger partial charge in [0.25, 0.3) is 0 Å². The quantitative estimate of drug-likeness (QED) is 0.726. The van der Waals surface area contributed by atoms with Crippen LogP contribution in [0.2, 0.25) is 0 Å². The fourth-order valence-electron chi connectivity index (χ4n) is 3.57. The van der Waals surface area contributed by atoms with Crippen molar-refractivity contribution in [1.82, 2.24) is 4.90 Å². The van der Waals surface area contributed by atoms with Crippen LogP contribution in [0, 0.1) is 13.8 Å². The first-order chi connectivity index (χ1) is 12.0. The molecule has 6 nitrogen and oxygen atoms in total. The molecule has 1 fully saturated rings. The van der Waals surface area contributed by atoms with Crippen molar-refractivity contribution in [3.8, 4) is 5.75 Å². The first-order valence-electron chi connectivity index (χ1n) is 8.70. The lowest BCUT2D eigenvalue weighted by atomic mass is 9.96. The molecule has 1 heterocycles. The van der Waals surface area contributed by atoms with Crippen LogP contribution < -0.4 is 4.74 Å². The molecule has 1 aromatic carbocycles. The Labute approximate surface area is 149 Å². The van der Waals surface area contributed by atoms with Crippen molar-refractivity contribution in [2.45, 2.75) is 38.8 Å². The number of aryl methyl sites for hydroxylation is 2. The maximum absolute atomic E-state index is 11.9. The van der Waals surface area contributed by atoms with Crippen LogP contribution in [0.3, 0.4) is 0 Å². The second-order valence-corrected chi connectivity index (χ2v) is 6.53. The largest absolute Gasteiger partial charge is 0.496 e. The lowest BCUT2D eigenvalue weighted by Crippen LogP contribution is -2.42. The fourth-order valence-corrected chi connectivity index (χ4v) is 3.57. The van der Waals surface area contributed by atoms with Crippen LogP contribution in [-0.4, -0.2) is 62.6 Å². The molecule has 0 radical (unpaired) electrons. The maximum Gasteiger partial charge on any atom is 0.325 e. The van der Waals surface area contributed by atoms with Crippen molar-refractivity contribution in [1.29, 1.82) is 0 Å². The van der Waals surface area contributed by atoms with E-state index in [1.165, 1.54) is 0 Å². The molecule has 2 rings (SSSR count). The highest BCUT2D eigenvalue weighted by atomic mass is 16.5. The summed E-state index contributed by atoms with van der Waals surface area (Å²) >= 11 is 0. The average molecular weight is 351 g/mol. The summed E-state index contributed by atoms with van der Waals surface area (Å²) in [6.45, 7) is 6.48. The van der Waals surface area contributed by atoms with E-state index in [0.717, 1.165) is 35.3 Å². The number of methoxy groups -OCH3 is 2. The standard InChI is InChI=1S/C19H29NO5/c1-13-11-15(12-14(2)18(13)24-4)17(19(21)22)20-7-5-16(6-8-20)25-10-9-23-3/h11-12,16-17H,5-10H2,1-4H3,(H,21,22)/t17-/m1/s1. The van der Waals surface area contributed by atoms with Gasteiger partial charge in [0.05, 0.1) is 26.4 Å². The minimum Gasteiger partial charge on any atom is -0.496 e. The number of ether oxygens (including phenoxy) is 3. The third-order valence-electron chi connectivity index (χ3n) is 4.72. The summed E-state index contributed by atoms with van der Waals surface area (Å²) in [7, 11) is 3.29. The van der Waals surface area contributed by atoms with Crippen LogP contribution >= 0.6 is 0 Å². The SMILES string of the molecule is COCCOC1CCN([C@@H](C(=O)O)c2cc(C)c(OC)c(C)c2)CC1. The Morgan fingerprint density at radius 2 is 1.80 bits per heavy atom. The van der Waals surface area contributed by atoms with Crippen LogP contribution in [0.5, 0.6) is 5.75 Å². The molecule has 140 valence electrons. The molecule has 0 aromatic heterocycles. The molecule has 1 aliphatic rings. The monoisotopic (exact) mass is 351 g/mol. The van der Waals surface area contributed by atoms with Crippen molar-refractivity contribution in [2.75, 3.05) is 40.5 Å². The van der Waals surface area contributed by atoms with E-state index in [0.29, 0.717) is 26.3 Å². The number of nitrogens with zero attached hydrogens (tertiary/aromatic N) is 1. The van der Waals surface area contributed by atoms with Gasteiger partial charge in [0.15, 0.2) is 0 Å². The highest BCUT2D eigenvalue weighted by Gasteiger charge is 2.31. The summed E-state index contributed by atoms with van der Waals surface area (Å²) in [5.41, 5.74) is 2.73. The second kappa shape index (κ2) is 9.17. The van der Waals surface area contributed by atoms with Gasteiger partial charge in [-0.2, -0.15) is 0 Å². The molecule has 1 aliphatic heterocycles. The number of carboxylic acid groups (broad SMARTS) is 1. The van der Waals surface area contributed by atoms with Gasteiger partial charge in [-0.1, -0.05) is 12.1 Å². The molecule has 0 saturated carbocycles. The average Bonchev–Trinajstić information content (AvgIpc) is 2.56. The highest BCUT2D eigenvalue weighted by molar-refractivity contribution is 5.76. The van der Waals surface area contributed by atoms with E-state index in [4.69, 9.17) is 14.2 Å². The first kappa shape index (κ1) is 19.7. The topological polar surface area (TPSA) is 68.2 Å². The van der Waals surface area contributed by atoms with Crippen molar-refractivity contribution in [3.05, 3.63) is 28.8 Å². The molecule has 1 aromatic rings. The van der Waals surface area contributed by atoms with E-state index in [1.54, 1.807) is 14.2 Å². The van der Waals surface area contributed by atoms with E-state index >= 15 is 0 Å². The zero-order valence-corrected chi connectivity index (χ0v) is 15.6. The van der Waals surface area contributed by atoms with Crippen LogP contribution in [0.4, 0.5) is 0 Å². The highest BCUT2D eigenvalue weighted by Crippen LogP contribution is 2.31. The van der Waals surface area contributed by atoms with Gasteiger partial charge in [-0.25, -0.2) is 0 Å².